The van der Waals surface area contributed by atoms with Crippen molar-refractivity contribution in [3.8, 4) is 0 Å². The lowest BCUT2D eigenvalue weighted by Crippen LogP contribution is -2.27. The summed E-state index contributed by atoms with van der Waals surface area (Å²) in [5, 5.41) is 11.8. The van der Waals surface area contributed by atoms with Crippen molar-refractivity contribution < 1.29 is 5.11 Å². The van der Waals surface area contributed by atoms with Crippen LogP contribution in [0.15, 0.2) is 0 Å². The van der Waals surface area contributed by atoms with Gasteiger partial charge in [-0.05, 0) is 26.3 Å². The molecule has 0 aromatic rings. The van der Waals surface area contributed by atoms with Gasteiger partial charge in [-0.1, -0.05) is 13.3 Å². The Morgan fingerprint density at radius 3 is 2.70 bits per heavy atom. The highest BCUT2D eigenvalue weighted by molar-refractivity contribution is 4.58. The zero-order valence-electron chi connectivity index (χ0n) is 7.06. The summed E-state index contributed by atoms with van der Waals surface area (Å²) < 4.78 is 0. The van der Waals surface area contributed by atoms with Crippen molar-refractivity contribution in [3.63, 3.8) is 0 Å². The highest BCUT2D eigenvalue weighted by atomic mass is 16.3. The molecule has 0 saturated carbocycles. The van der Waals surface area contributed by atoms with Crippen molar-refractivity contribution in [1.29, 1.82) is 0 Å². The van der Waals surface area contributed by atoms with Gasteiger partial charge in [0.15, 0.2) is 0 Å². The Balaban J connectivity index is 2.97. The lowest BCUT2D eigenvalue weighted by Gasteiger charge is -2.10. The van der Waals surface area contributed by atoms with Crippen LogP contribution in [0.4, 0.5) is 0 Å². The molecule has 0 aromatic heterocycles. The van der Waals surface area contributed by atoms with Gasteiger partial charge in [0.2, 0.25) is 0 Å². The summed E-state index contributed by atoms with van der Waals surface area (Å²) in [6.45, 7) is 5.61. The van der Waals surface area contributed by atoms with Crippen LogP contribution in [0.2, 0.25) is 0 Å². The summed E-state index contributed by atoms with van der Waals surface area (Å²) in [6.07, 6.45) is 3.33. The van der Waals surface area contributed by atoms with E-state index in [0.29, 0.717) is 12.6 Å². The average Bonchev–Trinajstić information content (AvgIpc) is 1.89. The maximum atomic E-state index is 8.47. The number of hydrogen-bond acceptors (Lipinski definition) is 2. The average molecular weight is 145 g/mol. The van der Waals surface area contributed by atoms with E-state index in [1.54, 1.807) is 0 Å². The lowest BCUT2D eigenvalue weighted by molar-refractivity contribution is 0.283. The van der Waals surface area contributed by atoms with Crippen LogP contribution in [0, 0.1) is 0 Å². The standard InChI is InChI=1S/C8H19NO/c1-3-5-8(2)9-6-4-7-10/h8-10H,3-7H2,1-2H3. The molecule has 0 amide bonds. The van der Waals surface area contributed by atoms with Crippen molar-refractivity contribution in [2.45, 2.75) is 39.2 Å². The highest BCUT2D eigenvalue weighted by Gasteiger charge is 1.96. The second-order valence-corrected chi connectivity index (χ2v) is 2.72. The minimum atomic E-state index is 0.297. The summed E-state index contributed by atoms with van der Waals surface area (Å²) in [5.41, 5.74) is 0. The fraction of sp³-hybridized carbons (Fsp3) is 1.00. The van der Waals surface area contributed by atoms with Gasteiger partial charge in [-0.2, -0.15) is 0 Å². The molecule has 0 aromatic carbocycles. The molecule has 2 heteroatoms. The predicted molar refractivity (Wildman–Crippen MR) is 44.1 cm³/mol. The normalized spacial score (nSPS) is 13.5. The van der Waals surface area contributed by atoms with Crippen LogP contribution in [-0.4, -0.2) is 24.3 Å². The van der Waals surface area contributed by atoms with E-state index in [0.717, 1.165) is 13.0 Å². The number of nitrogens with one attached hydrogen (secondary N) is 1. The Bertz CT molecular complexity index is 66.3. The van der Waals surface area contributed by atoms with Crippen LogP contribution >= 0.6 is 0 Å². The molecular formula is C8H19NO. The van der Waals surface area contributed by atoms with Gasteiger partial charge in [0.05, 0.1) is 0 Å². The van der Waals surface area contributed by atoms with Gasteiger partial charge in [0.1, 0.15) is 0 Å². The fourth-order valence-electron chi connectivity index (χ4n) is 0.963. The Kier molecular flexibility index (Phi) is 6.98. The smallest absolute Gasteiger partial charge is 0.0443 e. The zero-order chi connectivity index (χ0) is 7.82. The second kappa shape index (κ2) is 7.03. The third-order valence-corrected chi connectivity index (χ3v) is 1.55. The quantitative estimate of drug-likeness (QED) is 0.549. The molecule has 10 heavy (non-hydrogen) atoms. The third-order valence-electron chi connectivity index (χ3n) is 1.55. The molecule has 0 aliphatic rings. The van der Waals surface area contributed by atoms with Gasteiger partial charge >= 0.3 is 0 Å². The molecule has 0 aliphatic heterocycles. The van der Waals surface area contributed by atoms with E-state index in [-0.39, 0.29) is 0 Å². The van der Waals surface area contributed by atoms with E-state index < -0.39 is 0 Å². The molecule has 0 fully saturated rings. The Labute approximate surface area is 63.6 Å². The maximum absolute atomic E-state index is 8.47. The molecule has 2 nitrogen and oxygen atoms in total. The predicted octanol–water partition coefficient (Wildman–Crippen LogP) is 1.15. The second-order valence-electron chi connectivity index (χ2n) is 2.72. The summed E-state index contributed by atoms with van der Waals surface area (Å²) in [4.78, 5) is 0. The van der Waals surface area contributed by atoms with Crippen LogP contribution in [0.5, 0.6) is 0 Å². The van der Waals surface area contributed by atoms with Crippen molar-refractivity contribution in [2.75, 3.05) is 13.2 Å². The maximum Gasteiger partial charge on any atom is 0.0443 e. The third kappa shape index (κ3) is 6.05. The van der Waals surface area contributed by atoms with Crippen molar-refractivity contribution in [3.05, 3.63) is 0 Å². The van der Waals surface area contributed by atoms with Gasteiger partial charge in [-0.15, -0.1) is 0 Å². The fourth-order valence-corrected chi connectivity index (χ4v) is 0.963. The molecule has 2 N–H and O–H groups in total. The molecule has 0 radical (unpaired) electrons. The largest absolute Gasteiger partial charge is 0.396 e. The minimum Gasteiger partial charge on any atom is -0.396 e. The zero-order valence-corrected chi connectivity index (χ0v) is 7.06. The van der Waals surface area contributed by atoms with E-state index in [4.69, 9.17) is 5.11 Å². The van der Waals surface area contributed by atoms with Crippen LogP contribution < -0.4 is 5.32 Å². The van der Waals surface area contributed by atoms with Gasteiger partial charge in [-0.3, -0.25) is 0 Å². The molecule has 0 saturated heterocycles. The minimum absolute atomic E-state index is 0.297. The molecular weight excluding hydrogens is 126 g/mol. The van der Waals surface area contributed by atoms with Gasteiger partial charge in [0.25, 0.3) is 0 Å². The molecule has 0 bridgehead atoms. The van der Waals surface area contributed by atoms with Gasteiger partial charge in [-0.25, -0.2) is 0 Å². The molecule has 0 heterocycles. The first kappa shape index (κ1) is 9.92. The summed E-state index contributed by atoms with van der Waals surface area (Å²) >= 11 is 0. The number of aliphatic hydroxyl groups excluding tert-OH is 1. The molecule has 0 rings (SSSR count). The van der Waals surface area contributed by atoms with Crippen LogP contribution in [0.25, 0.3) is 0 Å². The lowest BCUT2D eigenvalue weighted by atomic mass is 10.2. The van der Waals surface area contributed by atoms with Gasteiger partial charge in [0, 0.05) is 12.6 Å². The number of rotatable bonds is 6. The molecule has 0 spiro atoms. The molecule has 1 unspecified atom stereocenters. The Morgan fingerprint density at radius 1 is 1.50 bits per heavy atom. The van der Waals surface area contributed by atoms with Crippen LogP contribution in [0.1, 0.15) is 33.1 Å². The Hall–Kier alpha value is -0.0800. The monoisotopic (exact) mass is 145 g/mol. The van der Waals surface area contributed by atoms with Crippen LogP contribution in [0.3, 0.4) is 0 Å². The van der Waals surface area contributed by atoms with Crippen molar-refractivity contribution >= 4 is 0 Å². The van der Waals surface area contributed by atoms with Gasteiger partial charge < -0.3 is 10.4 Å². The summed E-state index contributed by atoms with van der Waals surface area (Å²) in [7, 11) is 0. The highest BCUT2D eigenvalue weighted by Crippen LogP contribution is 1.93. The van der Waals surface area contributed by atoms with Crippen molar-refractivity contribution in [1.82, 2.24) is 5.32 Å². The Morgan fingerprint density at radius 2 is 2.20 bits per heavy atom. The van der Waals surface area contributed by atoms with E-state index in [2.05, 4.69) is 19.2 Å². The SMILES string of the molecule is CCCC(C)NCCCO. The van der Waals surface area contributed by atoms with Crippen LogP contribution in [-0.2, 0) is 0 Å². The van der Waals surface area contributed by atoms with E-state index in [9.17, 15) is 0 Å². The molecule has 1 atom stereocenters. The number of aliphatic hydroxyl groups is 1. The van der Waals surface area contributed by atoms with E-state index >= 15 is 0 Å². The first-order valence-corrected chi connectivity index (χ1v) is 4.15. The molecule has 62 valence electrons. The topological polar surface area (TPSA) is 32.3 Å². The number of hydrogen-bond donors (Lipinski definition) is 2. The van der Waals surface area contributed by atoms with Crippen molar-refractivity contribution in [2.24, 2.45) is 0 Å². The first-order chi connectivity index (χ1) is 4.81. The molecule has 0 aliphatic carbocycles. The van der Waals surface area contributed by atoms with E-state index in [1.165, 1.54) is 12.8 Å². The summed E-state index contributed by atoms with van der Waals surface area (Å²) in [5.74, 6) is 0. The first-order valence-electron chi connectivity index (χ1n) is 4.15. The summed E-state index contributed by atoms with van der Waals surface area (Å²) in [6, 6.07) is 0.608. The van der Waals surface area contributed by atoms with E-state index in [1.807, 2.05) is 0 Å².